The molecule has 0 spiro atoms. The second kappa shape index (κ2) is 6.89. The summed E-state index contributed by atoms with van der Waals surface area (Å²) in [5, 5.41) is 0.354. The summed E-state index contributed by atoms with van der Waals surface area (Å²) in [6.45, 7) is 9.41. The average Bonchev–Trinajstić information content (AvgIpc) is 2.45. The van der Waals surface area contributed by atoms with E-state index in [1.807, 2.05) is 58.9 Å². The summed E-state index contributed by atoms with van der Waals surface area (Å²) >= 11 is 5.91. The molecule has 0 aliphatic heterocycles. The Bertz CT molecular complexity index is 736. The van der Waals surface area contributed by atoms with E-state index in [-0.39, 0.29) is 5.97 Å². The minimum Gasteiger partial charge on any atom is -0.460 e. The second-order valence-corrected chi connectivity index (χ2v) is 7.88. The fraction of sp³-hybridized carbons (Fsp3) is 0.421. The molecule has 0 aliphatic carbocycles. The van der Waals surface area contributed by atoms with Crippen molar-refractivity contribution in [1.29, 1.82) is 0 Å². The van der Waals surface area contributed by atoms with E-state index in [9.17, 15) is 4.79 Å². The fourth-order valence-electron chi connectivity index (χ4n) is 2.32. The van der Waals surface area contributed by atoms with Gasteiger partial charge < -0.3 is 4.74 Å². The van der Waals surface area contributed by atoms with Gasteiger partial charge in [0.25, 0.3) is 0 Å². The highest BCUT2D eigenvalue weighted by Gasteiger charge is 2.32. The van der Waals surface area contributed by atoms with Crippen molar-refractivity contribution in [1.82, 2.24) is 9.97 Å². The first kappa shape index (κ1) is 18.4. The molecule has 4 nitrogen and oxygen atoms in total. The van der Waals surface area contributed by atoms with Crippen LogP contribution in [0, 0.1) is 5.41 Å². The van der Waals surface area contributed by atoms with Gasteiger partial charge in [0.2, 0.25) is 0 Å². The van der Waals surface area contributed by atoms with Crippen molar-refractivity contribution in [3.63, 3.8) is 0 Å². The van der Waals surface area contributed by atoms with Crippen LogP contribution in [0.5, 0.6) is 0 Å². The number of esters is 1. The molecule has 0 fully saturated rings. The molecule has 5 heteroatoms. The van der Waals surface area contributed by atoms with E-state index in [4.69, 9.17) is 16.3 Å². The molecular formula is C19H23ClN2O2. The van der Waals surface area contributed by atoms with Gasteiger partial charge in [-0.25, -0.2) is 4.98 Å². The van der Waals surface area contributed by atoms with Gasteiger partial charge >= 0.3 is 5.97 Å². The maximum absolute atomic E-state index is 12.4. The lowest BCUT2D eigenvalue weighted by Gasteiger charge is -2.28. The molecule has 0 atom stereocenters. The molecule has 1 heterocycles. The lowest BCUT2D eigenvalue weighted by Crippen LogP contribution is -2.35. The SMILES string of the molecule is CC(C)(C)OC(=O)C(C)(C)Cc1cccc(-c2cncc(Cl)n2)c1. The molecule has 2 rings (SSSR count). The van der Waals surface area contributed by atoms with Crippen LogP contribution in [0.2, 0.25) is 5.15 Å². The number of halogens is 1. The standard InChI is InChI=1S/C19H23ClN2O2/c1-18(2,3)24-17(23)19(4,5)10-13-7-6-8-14(9-13)15-11-21-12-16(20)22-15/h6-9,11-12H,10H2,1-5H3. The molecule has 0 amide bonds. The van der Waals surface area contributed by atoms with E-state index in [0.717, 1.165) is 11.1 Å². The third-order valence-electron chi connectivity index (χ3n) is 3.43. The van der Waals surface area contributed by atoms with Gasteiger partial charge in [-0.05, 0) is 52.7 Å². The van der Waals surface area contributed by atoms with E-state index in [1.54, 1.807) is 6.20 Å². The van der Waals surface area contributed by atoms with E-state index in [0.29, 0.717) is 17.3 Å². The second-order valence-electron chi connectivity index (χ2n) is 7.49. The smallest absolute Gasteiger partial charge is 0.312 e. The number of carbonyl (C=O) groups excluding carboxylic acids is 1. The Morgan fingerprint density at radius 3 is 2.50 bits per heavy atom. The minimum absolute atomic E-state index is 0.206. The molecule has 1 aromatic heterocycles. The molecule has 24 heavy (non-hydrogen) atoms. The largest absolute Gasteiger partial charge is 0.460 e. The Kier molecular flexibility index (Phi) is 5.29. The number of hydrogen-bond acceptors (Lipinski definition) is 4. The highest BCUT2D eigenvalue weighted by Crippen LogP contribution is 2.28. The number of aromatic nitrogens is 2. The minimum atomic E-state index is -0.619. The zero-order chi connectivity index (χ0) is 18.0. The van der Waals surface area contributed by atoms with Crippen LogP contribution < -0.4 is 0 Å². The highest BCUT2D eigenvalue weighted by molar-refractivity contribution is 6.29. The average molecular weight is 347 g/mol. The van der Waals surface area contributed by atoms with Gasteiger partial charge in [-0.1, -0.05) is 29.8 Å². The molecule has 1 aromatic carbocycles. The molecular weight excluding hydrogens is 324 g/mol. The van der Waals surface area contributed by atoms with Gasteiger partial charge in [0.15, 0.2) is 0 Å². The monoisotopic (exact) mass is 346 g/mol. The first-order valence-corrected chi connectivity index (χ1v) is 8.25. The third kappa shape index (κ3) is 5.03. The number of nitrogens with zero attached hydrogens (tertiary/aromatic N) is 2. The van der Waals surface area contributed by atoms with Gasteiger partial charge in [0.1, 0.15) is 10.8 Å². The molecule has 0 aliphatic rings. The maximum atomic E-state index is 12.4. The number of ether oxygens (including phenoxy) is 1. The summed E-state index contributed by atoms with van der Waals surface area (Å²) in [6.07, 6.45) is 3.74. The van der Waals surface area contributed by atoms with Crippen LogP contribution in [0.4, 0.5) is 0 Å². The van der Waals surface area contributed by atoms with E-state index < -0.39 is 11.0 Å². The molecule has 128 valence electrons. The van der Waals surface area contributed by atoms with Crippen molar-refractivity contribution < 1.29 is 9.53 Å². The van der Waals surface area contributed by atoms with Crippen LogP contribution in [0.25, 0.3) is 11.3 Å². The Labute approximate surface area is 148 Å². The third-order valence-corrected chi connectivity index (χ3v) is 3.61. The van der Waals surface area contributed by atoms with Crippen molar-refractivity contribution in [3.05, 3.63) is 47.4 Å². The molecule has 0 N–H and O–H groups in total. The van der Waals surface area contributed by atoms with Crippen LogP contribution in [-0.2, 0) is 16.0 Å². The van der Waals surface area contributed by atoms with Gasteiger partial charge in [0, 0.05) is 5.56 Å². The summed E-state index contributed by atoms with van der Waals surface area (Å²) in [5.74, 6) is -0.206. The van der Waals surface area contributed by atoms with Crippen LogP contribution in [0.15, 0.2) is 36.7 Å². The zero-order valence-electron chi connectivity index (χ0n) is 14.8. The maximum Gasteiger partial charge on any atom is 0.312 e. The number of rotatable bonds is 4. The lowest BCUT2D eigenvalue weighted by atomic mass is 9.85. The van der Waals surface area contributed by atoms with Crippen LogP contribution >= 0.6 is 11.6 Å². The predicted octanol–water partition coefficient (Wildman–Crippen LogP) is 4.71. The van der Waals surface area contributed by atoms with Crippen molar-refractivity contribution in [3.8, 4) is 11.3 Å². The summed E-state index contributed by atoms with van der Waals surface area (Å²) < 4.78 is 5.53. The first-order chi connectivity index (χ1) is 11.1. The van der Waals surface area contributed by atoms with Crippen molar-refractivity contribution in [2.24, 2.45) is 5.41 Å². The summed E-state index contributed by atoms with van der Waals surface area (Å²) in [5.41, 5.74) is 1.55. The van der Waals surface area contributed by atoms with E-state index >= 15 is 0 Å². The van der Waals surface area contributed by atoms with Gasteiger partial charge in [-0.2, -0.15) is 0 Å². The lowest BCUT2D eigenvalue weighted by molar-refractivity contribution is -0.165. The molecule has 0 radical (unpaired) electrons. The van der Waals surface area contributed by atoms with Gasteiger partial charge in [-0.3, -0.25) is 9.78 Å². The zero-order valence-corrected chi connectivity index (χ0v) is 15.5. The van der Waals surface area contributed by atoms with Crippen molar-refractivity contribution >= 4 is 17.6 Å². The highest BCUT2D eigenvalue weighted by atomic mass is 35.5. The number of hydrogen-bond donors (Lipinski definition) is 0. The predicted molar refractivity (Wildman–Crippen MR) is 95.8 cm³/mol. The van der Waals surface area contributed by atoms with Crippen molar-refractivity contribution in [2.45, 2.75) is 46.6 Å². The fourth-order valence-corrected chi connectivity index (χ4v) is 2.47. The van der Waals surface area contributed by atoms with Crippen LogP contribution in [-0.4, -0.2) is 21.5 Å². The molecule has 0 bridgehead atoms. The molecule has 0 unspecified atom stereocenters. The van der Waals surface area contributed by atoms with E-state index in [2.05, 4.69) is 9.97 Å². The summed E-state index contributed by atoms with van der Waals surface area (Å²) in [7, 11) is 0. The first-order valence-electron chi connectivity index (χ1n) is 7.87. The van der Waals surface area contributed by atoms with E-state index in [1.165, 1.54) is 6.20 Å². The van der Waals surface area contributed by atoms with Crippen LogP contribution in [0.3, 0.4) is 0 Å². The van der Waals surface area contributed by atoms with Gasteiger partial charge in [0.05, 0.1) is 23.5 Å². The quantitative estimate of drug-likeness (QED) is 0.752. The summed E-state index contributed by atoms with van der Waals surface area (Å²) in [6, 6.07) is 7.89. The summed E-state index contributed by atoms with van der Waals surface area (Å²) in [4.78, 5) is 20.8. The Morgan fingerprint density at radius 2 is 1.88 bits per heavy atom. The molecule has 0 saturated heterocycles. The number of benzene rings is 1. The van der Waals surface area contributed by atoms with Gasteiger partial charge in [-0.15, -0.1) is 0 Å². The molecule has 0 saturated carbocycles. The topological polar surface area (TPSA) is 52.1 Å². The Hall–Kier alpha value is -1.94. The van der Waals surface area contributed by atoms with Crippen LogP contribution in [0.1, 0.15) is 40.2 Å². The normalized spacial score (nSPS) is 12.1. The molecule has 2 aromatic rings. The van der Waals surface area contributed by atoms with Crippen molar-refractivity contribution in [2.75, 3.05) is 0 Å². The Balaban J connectivity index is 2.21. The Morgan fingerprint density at radius 1 is 1.17 bits per heavy atom. The number of carbonyl (C=O) groups is 1.